The Bertz CT molecular complexity index is 1410. The molecule has 1 atom stereocenters. The molecule has 184 valence electrons. The fourth-order valence-electron chi connectivity index (χ4n) is 4.58. The summed E-state index contributed by atoms with van der Waals surface area (Å²) < 4.78 is 8.03. The number of anilines is 1. The number of piperidine rings is 1. The van der Waals surface area contributed by atoms with Crippen LogP contribution in [0.25, 0.3) is 5.65 Å². The number of likely N-dealkylation sites (tertiary alicyclic amines) is 1. The summed E-state index contributed by atoms with van der Waals surface area (Å²) in [5.74, 6) is 0.496. The summed E-state index contributed by atoms with van der Waals surface area (Å²) in [6.45, 7) is 5.11. The van der Waals surface area contributed by atoms with E-state index in [9.17, 15) is 9.59 Å². The SMILES string of the molecule is Cc1cccc(NC(=O)C2CCCN(C(=O)c3ccccc3OCc3cn4cccc(C)c4n3)C2)n1. The van der Waals surface area contributed by atoms with Gasteiger partial charge < -0.3 is 19.4 Å². The van der Waals surface area contributed by atoms with Crippen LogP contribution in [0.2, 0.25) is 0 Å². The number of ether oxygens (including phenoxy) is 1. The normalized spacial score (nSPS) is 15.6. The van der Waals surface area contributed by atoms with Gasteiger partial charge in [0.2, 0.25) is 5.91 Å². The van der Waals surface area contributed by atoms with Crippen molar-refractivity contribution in [1.29, 1.82) is 0 Å². The third-order valence-corrected chi connectivity index (χ3v) is 6.44. The summed E-state index contributed by atoms with van der Waals surface area (Å²) in [5.41, 5.74) is 4.08. The zero-order chi connectivity index (χ0) is 25.1. The second-order valence-electron chi connectivity index (χ2n) is 9.18. The number of rotatable bonds is 6. The van der Waals surface area contributed by atoms with Crippen LogP contribution in [0.15, 0.2) is 67.0 Å². The number of imidazole rings is 1. The quantitative estimate of drug-likeness (QED) is 0.439. The van der Waals surface area contributed by atoms with E-state index in [1.165, 1.54) is 0 Å². The number of para-hydroxylation sites is 1. The molecular formula is C28H29N5O3. The fraction of sp³-hybridized carbons (Fsp3) is 0.286. The topological polar surface area (TPSA) is 88.8 Å². The number of benzene rings is 1. The first-order chi connectivity index (χ1) is 17.5. The number of aryl methyl sites for hydroxylation is 2. The van der Waals surface area contributed by atoms with Crippen LogP contribution in [-0.2, 0) is 11.4 Å². The van der Waals surface area contributed by atoms with Crippen LogP contribution < -0.4 is 10.1 Å². The molecule has 4 heterocycles. The minimum atomic E-state index is -0.292. The number of amides is 2. The predicted octanol–water partition coefficient (Wildman–Crippen LogP) is 4.42. The Labute approximate surface area is 209 Å². The number of carbonyl (C=O) groups excluding carboxylic acids is 2. The Hall–Kier alpha value is -4.20. The van der Waals surface area contributed by atoms with Crippen LogP contribution in [0, 0.1) is 19.8 Å². The maximum absolute atomic E-state index is 13.5. The third kappa shape index (κ3) is 5.07. The van der Waals surface area contributed by atoms with Gasteiger partial charge in [0, 0.05) is 31.2 Å². The molecule has 1 saturated heterocycles. The Kier molecular flexibility index (Phi) is 6.66. The van der Waals surface area contributed by atoms with Gasteiger partial charge in [0.15, 0.2) is 0 Å². The zero-order valence-electron chi connectivity index (χ0n) is 20.5. The summed E-state index contributed by atoms with van der Waals surface area (Å²) in [5, 5.41) is 2.89. The Morgan fingerprint density at radius 2 is 1.92 bits per heavy atom. The van der Waals surface area contributed by atoms with Gasteiger partial charge in [-0.2, -0.15) is 0 Å². The van der Waals surface area contributed by atoms with Gasteiger partial charge in [0.25, 0.3) is 5.91 Å². The number of nitrogens with one attached hydrogen (secondary N) is 1. The van der Waals surface area contributed by atoms with E-state index in [4.69, 9.17) is 4.74 Å². The first-order valence-corrected chi connectivity index (χ1v) is 12.2. The van der Waals surface area contributed by atoms with Crippen molar-refractivity contribution in [3.63, 3.8) is 0 Å². The first kappa shape index (κ1) is 23.5. The molecule has 1 aliphatic heterocycles. The molecule has 0 aliphatic carbocycles. The number of aromatic nitrogens is 3. The summed E-state index contributed by atoms with van der Waals surface area (Å²) in [4.78, 5) is 37.1. The monoisotopic (exact) mass is 483 g/mol. The van der Waals surface area contributed by atoms with Crippen molar-refractivity contribution in [2.45, 2.75) is 33.3 Å². The van der Waals surface area contributed by atoms with Crippen molar-refractivity contribution in [1.82, 2.24) is 19.3 Å². The van der Waals surface area contributed by atoms with Gasteiger partial charge >= 0.3 is 0 Å². The molecule has 5 rings (SSSR count). The number of fused-ring (bicyclic) bond motifs is 1. The molecule has 1 unspecified atom stereocenters. The van der Waals surface area contributed by atoms with Gasteiger partial charge in [-0.15, -0.1) is 0 Å². The van der Waals surface area contributed by atoms with Crippen molar-refractivity contribution < 1.29 is 14.3 Å². The molecule has 3 aromatic heterocycles. The summed E-state index contributed by atoms with van der Waals surface area (Å²) in [6.07, 6.45) is 5.37. The molecule has 0 radical (unpaired) electrons. The van der Waals surface area contributed by atoms with Crippen LogP contribution in [-0.4, -0.2) is 44.2 Å². The van der Waals surface area contributed by atoms with Gasteiger partial charge in [-0.3, -0.25) is 9.59 Å². The number of carbonyl (C=O) groups is 2. The average molecular weight is 484 g/mol. The Morgan fingerprint density at radius 1 is 1.06 bits per heavy atom. The number of hydrogen-bond acceptors (Lipinski definition) is 5. The van der Waals surface area contributed by atoms with Crippen molar-refractivity contribution in [2.75, 3.05) is 18.4 Å². The standard InChI is InChI=1S/C28H29N5O3/c1-19-8-6-14-32-17-22(30-26(19)32)18-36-24-12-4-3-11-23(24)28(35)33-15-7-10-21(16-33)27(34)31-25-13-5-9-20(2)29-25/h3-6,8-9,11-14,17,21H,7,10,15-16,18H2,1-2H3,(H,29,31,34). The minimum Gasteiger partial charge on any atom is -0.486 e. The molecule has 0 saturated carbocycles. The lowest BCUT2D eigenvalue weighted by Crippen LogP contribution is -2.44. The third-order valence-electron chi connectivity index (χ3n) is 6.44. The number of pyridine rings is 2. The molecule has 8 heteroatoms. The van der Waals surface area contributed by atoms with Crippen LogP contribution in [0.1, 0.15) is 40.2 Å². The highest BCUT2D eigenvalue weighted by Gasteiger charge is 2.30. The highest BCUT2D eigenvalue weighted by Crippen LogP contribution is 2.25. The fourth-order valence-corrected chi connectivity index (χ4v) is 4.58. The Balaban J connectivity index is 1.26. The molecule has 1 N–H and O–H groups in total. The van der Waals surface area contributed by atoms with Gasteiger partial charge in [-0.1, -0.05) is 24.3 Å². The lowest BCUT2D eigenvalue weighted by atomic mass is 9.96. The molecule has 0 spiro atoms. The Morgan fingerprint density at radius 3 is 2.75 bits per heavy atom. The van der Waals surface area contributed by atoms with Crippen molar-refractivity contribution >= 4 is 23.3 Å². The molecule has 0 bridgehead atoms. The minimum absolute atomic E-state index is 0.114. The van der Waals surface area contributed by atoms with E-state index in [1.807, 2.05) is 67.0 Å². The zero-order valence-corrected chi connectivity index (χ0v) is 20.5. The van der Waals surface area contributed by atoms with Crippen LogP contribution >= 0.6 is 0 Å². The van der Waals surface area contributed by atoms with E-state index in [1.54, 1.807) is 23.1 Å². The van der Waals surface area contributed by atoms with E-state index in [0.29, 0.717) is 30.2 Å². The molecule has 2 amide bonds. The maximum Gasteiger partial charge on any atom is 0.257 e. The van der Waals surface area contributed by atoms with E-state index >= 15 is 0 Å². The summed E-state index contributed by atoms with van der Waals surface area (Å²) in [7, 11) is 0. The molecule has 8 nitrogen and oxygen atoms in total. The lowest BCUT2D eigenvalue weighted by Gasteiger charge is -2.32. The van der Waals surface area contributed by atoms with Crippen molar-refractivity contribution in [3.8, 4) is 5.75 Å². The van der Waals surface area contributed by atoms with E-state index in [0.717, 1.165) is 35.4 Å². The van der Waals surface area contributed by atoms with Gasteiger partial charge in [0.1, 0.15) is 23.8 Å². The van der Waals surface area contributed by atoms with E-state index in [2.05, 4.69) is 15.3 Å². The van der Waals surface area contributed by atoms with Gasteiger partial charge in [0.05, 0.1) is 17.2 Å². The van der Waals surface area contributed by atoms with Crippen LogP contribution in [0.5, 0.6) is 5.75 Å². The smallest absolute Gasteiger partial charge is 0.257 e. The maximum atomic E-state index is 13.5. The molecule has 36 heavy (non-hydrogen) atoms. The second-order valence-corrected chi connectivity index (χ2v) is 9.18. The molecular weight excluding hydrogens is 454 g/mol. The number of hydrogen-bond donors (Lipinski definition) is 1. The first-order valence-electron chi connectivity index (χ1n) is 12.2. The molecule has 1 aromatic carbocycles. The van der Waals surface area contributed by atoms with Crippen molar-refractivity contribution in [3.05, 3.63) is 89.5 Å². The van der Waals surface area contributed by atoms with Crippen LogP contribution in [0.3, 0.4) is 0 Å². The molecule has 4 aromatic rings. The van der Waals surface area contributed by atoms with Gasteiger partial charge in [-0.25, -0.2) is 9.97 Å². The molecule has 1 fully saturated rings. The molecule has 1 aliphatic rings. The van der Waals surface area contributed by atoms with Crippen LogP contribution in [0.4, 0.5) is 5.82 Å². The van der Waals surface area contributed by atoms with Crippen molar-refractivity contribution in [2.24, 2.45) is 5.92 Å². The lowest BCUT2D eigenvalue weighted by molar-refractivity contribution is -0.121. The highest BCUT2D eigenvalue weighted by molar-refractivity contribution is 5.98. The summed E-state index contributed by atoms with van der Waals surface area (Å²) >= 11 is 0. The van der Waals surface area contributed by atoms with E-state index in [-0.39, 0.29) is 24.3 Å². The number of nitrogens with zero attached hydrogens (tertiary/aromatic N) is 4. The predicted molar refractivity (Wildman–Crippen MR) is 137 cm³/mol. The van der Waals surface area contributed by atoms with E-state index < -0.39 is 0 Å². The van der Waals surface area contributed by atoms with Gasteiger partial charge in [-0.05, 0) is 62.6 Å². The second kappa shape index (κ2) is 10.2. The average Bonchev–Trinajstić information content (AvgIpc) is 3.32. The summed E-state index contributed by atoms with van der Waals surface area (Å²) in [6, 6.07) is 16.8. The largest absolute Gasteiger partial charge is 0.486 e. The highest BCUT2D eigenvalue weighted by atomic mass is 16.5.